The van der Waals surface area contributed by atoms with Crippen LogP contribution in [0.25, 0.3) is 0 Å². The number of ether oxygens (including phenoxy) is 1. The highest BCUT2D eigenvalue weighted by molar-refractivity contribution is 7.92. The molecule has 0 heterocycles. The molecule has 1 atom stereocenters. The van der Waals surface area contributed by atoms with Crippen LogP contribution < -0.4 is 14.4 Å². The van der Waals surface area contributed by atoms with Gasteiger partial charge in [-0.15, -0.1) is 0 Å². The van der Waals surface area contributed by atoms with E-state index in [0.29, 0.717) is 11.6 Å². The summed E-state index contributed by atoms with van der Waals surface area (Å²) in [6.07, 6.45) is 1.85. The number of carbonyl (C=O) groups excluding carboxylic acids is 1. The van der Waals surface area contributed by atoms with E-state index in [9.17, 15) is 13.2 Å². The highest BCUT2D eigenvalue weighted by Crippen LogP contribution is 2.24. The van der Waals surface area contributed by atoms with Gasteiger partial charge >= 0.3 is 0 Å². The van der Waals surface area contributed by atoms with E-state index in [1.807, 2.05) is 37.3 Å². The van der Waals surface area contributed by atoms with Crippen LogP contribution in [0.5, 0.6) is 5.75 Å². The van der Waals surface area contributed by atoms with Crippen molar-refractivity contribution in [2.75, 3.05) is 24.2 Å². The number of aryl methyl sites for hydroxylation is 1. The first-order valence-corrected chi connectivity index (χ1v) is 11.4. The van der Waals surface area contributed by atoms with Crippen LogP contribution in [0.2, 0.25) is 0 Å². The van der Waals surface area contributed by atoms with Crippen molar-refractivity contribution in [2.24, 2.45) is 5.92 Å². The van der Waals surface area contributed by atoms with E-state index in [0.717, 1.165) is 33.9 Å². The lowest BCUT2D eigenvalue weighted by Gasteiger charge is -2.25. The number of nitrogens with zero attached hydrogens (tertiary/aromatic N) is 1. The minimum Gasteiger partial charge on any atom is -0.497 e. The number of carbonyl (C=O) groups is 1. The molecule has 6 nitrogen and oxygen atoms in total. The molecular weight excluding hydrogens is 388 g/mol. The molecule has 0 aromatic heterocycles. The number of anilines is 1. The Morgan fingerprint density at radius 1 is 1.14 bits per heavy atom. The molecule has 1 N–H and O–H groups in total. The third-order valence-corrected chi connectivity index (χ3v) is 5.68. The van der Waals surface area contributed by atoms with E-state index in [-0.39, 0.29) is 18.5 Å². The second-order valence-corrected chi connectivity index (χ2v) is 9.54. The van der Waals surface area contributed by atoms with Gasteiger partial charge in [-0.05, 0) is 54.7 Å². The first kappa shape index (κ1) is 22.7. The van der Waals surface area contributed by atoms with Crippen LogP contribution in [0.3, 0.4) is 0 Å². The van der Waals surface area contributed by atoms with Crippen molar-refractivity contribution in [1.82, 2.24) is 5.32 Å². The third-order valence-electron chi connectivity index (χ3n) is 4.54. The third kappa shape index (κ3) is 6.78. The molecule has 7 heteroatoms. The summed E-state index contributed by atoms with van der Waals surface area (Å²) in [6, 6.07) is 14.4. The lowest BCUT2D eigenvalue weighted by molar-refractivity contribution is -0.120. The fourth-order valence-corrected chi connectivity index (χ4v) is 3.99. The topological polar surface area (TPSA) is 75.7 Å². The molecule has 1 amide bonds. The Balaban J connectivity index is 2.22. The number of sulfonamides is 1. The smallest absolute Gasteiger partial charge is 0.241 e. The molecule has 0 bridgehead atoms. The Bertz CT molecular complexity index is 924. The number of amides is 1. The summed E-state index contributed by atoms with van der Waals surface area (Å²) in [5.41, 5.74) is 2.36. The predicted molar refractivity (Wildman–Crippen MR) is 117 cm³/mol. The van der Waals surface area contributed by atoms with Crippen LogP contribution in [0, 0.1) is 12.8 Å². The van der Waals surface area contributed by atoms with Crippen LogP contribution in [0.4, 0.5) is 5.69 Å². The Morgan fingerprint density at radius 3 is 2.31 bits per heavy atom. The first-order valence-electron chi connectivity index (χ1n) is 9.58. The maximum absolute atomic E-state index is 12.8. The molecule has 0 saturated heterocycles. The van der Waals surface area contributed by atoms with Crippen LogP contribution >= 0.6 is 0 Å². The second-order valence-electron chi connectivity index (χ2n) is 7.63. The van der Waals surface area contributed by atoms with Gasteiger partial charge in [0.1, 0.15) is 12.3 Å². The van der Waals surface area contributed by atoms with E-state index in [2.05, 4.69) is 19.2 Å². The van der Waals surface area contributed by atoms with Gasteiger partial charge in [0.05, 0.1) is 25.1 Å². The molecule has 0 radical (unpaired) electrons. The Labute approximate surface area is 173 Å². The fourth-order valence-electron chi connectivity index (χ4n) is 3.14. The highest BCUT2D eigenvalue weighted by Gasteiger charge is 2.23. The highest BCUT2D eigenvalue weighted by atomic mass is 32.2. The standard InChI is InChI=1S/C22H30N2O4S/c1-16(2)13-21(18-9-11-20(28-4)12-10-18)23-22(25)15-24(29(5,26)27)19-8-6-7-17(3)14-19/h6-12,14,16,21H,13,15H2,1-5H3,(H,23,25)/t21-/m0/s1. The summed E-state index contributed by atoms with van der Waals surface area (Å²) in [7, 11) is -2.00. The maximum atomic E-state index is 12.8. The molecule has 0 saturated carbocycles. The minimum absolute atomic E-state index is 0.215. The van der Waals surface area contributed by atoms with Gasteiger partial charge in [0.25, 0.3) is 0 Å². The quantitative estimate of drug-likeness (QED) is 0.674. The van der Waals surface area contributed by atoms with E-state index in [1.54, 1.807) is 25.3 Å². The molecule has 0 fully saturated rings. The SMILES string of the molecule is COc1ccc([C@H](CC(C)C)NC(=O)CN(c2cccc(C)c2)S(C)(=O)=O)cc1. The van der Waals surface area contributed by atoms with Crippen molar-refractivity contribution < 1.29 is 17.9 Å². The van der Waals surface area contributed by atoms with Gasteiger partial charge in [-0.25, -0.2) is 8.42 Å². The molecule has 29 heavy (non-hydrogen) atoms. The van der Waals surface area contributed by atoms with E-state index < -0.39 is 10.0 Å². The van der Waals surface area contributed by atoms with Gasteiger partial charge in [0, 0.05) is 0 Å². The molecule has 0 aliphatic rings. The van der Waals surface area contributed by atoms with Crippen molar-refractivity contribution in [3.05, 3.63) is 59.7 Å². The summed E-state index contributed by atoms with van der Waals surface area (Å²) in [6.45, 7) is 5.77. The van der Waals surface area contributed by atoms with E-state index in [1.165, 1.54) is 0 Å². The average Bonchev–Trinajstić information content (AvgIpc) is 2.64. The number of nitrogens with one attached hydrogen (secondary N) is 1. The van der Waals surface area contributed by atoms with Crippen molar-refractivity contribution in [3.8, 4) is 5.75 Å². The molecule has 158 valence electrons. The van der Waals surface area contributed by atoms with Crippen molar-refractivity contribution in [1.29, 1.82) is 0 Å². The van der Waals surface area contributed by atoms with Gasteiger partial charge < -0.3 is 10.1 Å². The zero-order chi connectivity index (χ0) is 21.6. The normalized spacial score (nSPS) is 12.5. The molecule has 2 aromatic rings. The first-order chi connectivity index (χ1) is 13.6. The maximum Gasteiger partial charge on any atom is 0.241 e. The lowest BCUT2D eigenvalue weighted by atomic mass is 9.97. The number of hydrogen-bond donors (Lipinski definition) is 1. The van der Waals surface area contributed by atoms with Gasteiger partial charge in [-0.3, -0.25) is 9.10 Å². The summed E-state index contributed by atoms with van der Waals surface area (Å²) < 4.78 is 31.0. The molecule has 0 aliphatic heterocycles. The van der Waals surface area contributed by atoms with Crippen LogP contribution in [0.1, 0.15) is 37.4 Å². The van der Waals surface area contributed by atoms with E-state index >= 15 is 0 Å². The van der Waals surface area contributed by atoms with Crippen LogP contribution in [-0.4, -0.2) is 34.2 Å². The average molecular weight is 419 g/mol. The molecule has 0 aliphatic carbocycles. The zero-order valence-electron chi connectivity index (χ0n) is 17.7. The number of hydrogen-bond acceptors (Lipinski definition) is 4. The monoisotopic (exact) mass is 418 g/mol. The van der Waals surface area contributed by atoms with Gasteiger partial charge in [-0.1, -0.05) is 38.1 Å². The Kier molecular flexibility index (Phi) is 7.67. The Morgan fingerprint density at radius 2 is 1.79 bits per heavy atom. The van der Waals surface area contributed by atoms with Crippen molar-refractivity contribution >= 4 is 21.6 Å². The van der Waals surface area contributed by atoms with Crippen molar-refractivity contribution in [2.45, 2.75) is 33.2 Å². The lowest BCUT2D eigenvalue weighted by Crippen LogP contribution is -2.41. The summed E-state index contributed by atoms with van der Waals surface area (Å²) in [5.74, 6) is 0.745. The van der Waals surface area contributed by atoms with Gasteiger partial charge in [0.2, 0.25) is 15.9 Å². The molecular formula is C22H30N2O4S. The number of methoxy groups -OCH3 is 1. The molecule has 0 unspecified atom stereocenters. The van der Waals surface area contributed by atoms with Gasteiger partial charge in [0.15, 0.2) is 0 Å². The minimum atomic E-state index is -3.61. The fraction of sp³-hybridized carbons (Fsp3) is 0.409. The summed E-state index contributed by atoms with van der Waals surface area (Å²) >= 11 is 0. The molecule has 0 spiro atoms. The largest absolute Gasteiger partial charge is 0.497 e. The van der Waals surface area contributed by atoms with Gasteiger partial charge in [-0.2, -0.15) is 0 Å². The van der Waals surface area contributed by atoms with Crippen LogP contribution in [-0.2, 0) is 14.8 Å². The second kappa shape index (κ2) is 9.78. The van der Waals surface area contributed by atoms with Crippen molar-refractivity contribution in [3.63, 3.8) is 0 Å². The Hall–Kier alpha value is -2.54. The molecule has 2 aromatic carbocycles. The van der Waals surface area contributed by atoms with Crippen LogP contribution in [0.15, 0.2) is 48.5 Å². The van der Waals surface area contributed by atoms with E-state index in [4.69, 9.17) is 4.74 Å². The summed E-state index contributed by atoms with van der Waals surface area (Å²) in [4.78, 5) is 12.8. The number of rotatable bonds is 9. The molecule has 2 rings (SSSR count). The zero-order valence-corrected chi connectivity index (χ0v) is 18.5. The number of benzene rings is 2. The predicted octanol–water partition coefficient (Wildman–Crippen LogP) is 3.67. The summed E-state index contributed by atoms with van der Waals surface area (Å²) in [5, 5.41) is 3.00.